The number of likely N-dealkylation sites (N-methyl/N-ethyl adjacent to an activating group) is 1. The number of hydrogen-bond donors (Lipinski definition) is 2. The zero-order valence-corrected chi connectivity index (χ0v) is 13.2. The van der Waals surface area contributed by atoms with Gasteiger partial charge in [-0.05, 0) is 44.5 Å². The lowest BCUT2D eigenvalue weighted by Crippen LogP contribution is -2.38. The van der Waals surface area contributed by atoms with E-state index < -0.39 is 0 Å². The van der Waals surface area contributed by atoms with Crippen LogP contribution >= 0.6 is 0 Å². The highest BCUT2D eigenvalue weighted by atomic mass is 16.1. The zero-order valence-electron chi connectivity index (χ0n) is 13.2. The molecule has 0 spiro atoms. The third-order valence-electron chi connectivity index (χ3n) is 4.02. The summed E-state index contributed by atoms with van der Waals surface area (Å²) in [5.74, 6) is 0.597. The maximum atomic E-state index is 12.4. The summed E-state index contributed by atoms with van der Waals surface area (Å²) in [6, 6.07) is 8.09. The van der Waals surface area contributed by atoms with Gasteiger partial charge < -0.3 is 10.6 Å². The van der Waals surface area contributed by atoms with Gasteiger partial charge in [-0.2, -0.15) is 0 Å². The van der Waals surface area contributed by atoms with Crippen molar-refractivity contribution in [2.45, 2.75) is 46.1 Å². The van der Waals surface area contributed by atoms with E-state index in [-0.39, 0.29) is 11.9 Å². The lowest BCUT2D eigenvalue weighted by molar-refractivity contribution is 0.0924. The van der Waals surface area contributed by atoms with Gasteiger partial charge in [0.05, 0.1) is 0 Å². The summed E-state index contributed by atoms with van der Waals surface area (Å²) in [5.41, 5.74) is 1.91. The molecule has 1 aromatic rings. The largest absolute Gasteiger partial charge is 0.349 e. The molecule has 0 bridgehead atoms. The Labute approximate surface area is 123 Å². The molecule has 0 aliphatic heterocycles. The van der Waals surface area contributed by atoms with Crippen LogP contribution in [0.1, 0.15) is 49.5 Å². The Kier molecular flexibility index (Phi) is 7.31. The van der Waals surface area contributed by atoms with E-state index in [0.717, 1.165) is 36.9 Å². The Bertz CT molecular complexity index is 413. The van der Waals surface area contributed by atoms with Crippen molar-refractivity contribution in [2.75, 3.05) is 13.6 Å². The zero-order chi connectivity index (χ0) is 15.0. The molecule has 0 aliphatic rings. The average Bonchev–Trinajstić information content (AvgIpc) is 2.46. The van der Waals surface area contributed by atoms with E-state index >= 15 is 0 Å². The molecule has 20 heavy (non-hydrogen) atoms. The SMILES string of the molecule is CCC(CC)C(C)NC(=O)c1ccccc1CCNC. The van der Waals surface area contributed by atoms with Crippen LogP contribution in [-0.2, 0) is 6.42 Å². The third kappa shape index (κ3) is 4.64. The molecule has 1 aromatic carbocycles. The predicted molar refractivity (Wildman–Crippen MR) is 85.1 cm³/mol. The fourth-order valence-electron chi connectivity index (χ4n) is 2.62. The summed E-state index contributed by atoms with van der Waals surface area (Å²) < 4.78 is 0. The van der Waals surface area contributed by atoms with Gasteiger partial charge in [0, 0.05) is 11.6 Å². The van der Waals surface area contributed by atoms with Gasteiger partial charge in [-0.1, -0.05) is 44.9 Å². The quantitative estimate of drug-likeness (QED) is 0.766. The topological polar surface area (TPSA) is 41.1 Å². The van der Waals surface area contributed by atoms with Crippen molar-refractivity contribution in [3.63, 3.8) is 0 Å². The molecule has 3 nitrogen and oxygen atoms in total. The highest BCUT2D eigenvalue weighted by Gasteiger charge is 2.18. The van der Waals surface area contributed by atoms with Crippen molar-refractivity contribution in [1.82, 2.24) is 10.6 Å². The number of carbonyl (C=O) groups excluding carboxylic acids is 1. The molecule has 1 rings (SSSR count). The van der Waals surface area contributed by atoms with Gasteiger partial charge in [0.15, 0.2) is 0 Å². The van der Waals surface area contributed by atoms with Crippen LogP contribution in [0.15, 0.2) is 24.3 Å². The number of nitrogens with one attached hydrogen (secondary N) is 2. The minimum Gasteiger partial charge on any atom is -0.349 e. The molecule has 0 fully saturated rings. The van der Waals surface area contributed by atoms with Gasteiger partial charge in [-0.3, -0.25) is 4.79 Å². The third-order valence-corrected chi connectivity index (χ3v) is 4.02. The summed E-state index contributed by atoms with van der Waals surface area (Å²) in [6.45, 7) is 7.34. The van der Waals surface area contributed by atoms with Crippen molar-refractivity contribution in [1.29, 1.82) is 0 Å². The molecule has 1 unspecified atom stereocenters. The van der Waals surface area contributed by atoms with E-state index in [9.17, 15) is 4.79 Å². The van der Waals surface area contributed by atoms with Crippen LogP contribution in [0.2, 0.25) is 0 Å². The number of carbonyl (C=O) groups is 1. The molecular weight excluding hydrogens is 248 g/mol. The number of benzene rings is 1. The molecule has 0 saturated carbocycles. The van der Waals surface area contributed by atoms with Crippen LogP contribution < -0.4 is 10.6 Å². The first kappa shape index (κ1) is 16.7. The van der Waals surface area contributed by atoms with E-state index in [1.807, 2.05) is 31.3 Å². The normalized spacial score (nSPS) is 12.4. The lowest BCUT2D eigenvalue weighted by Gasteiger charge is -2.23. The Morgan fingerprint density at radius 1 is 1.20 bits per heavy atom. The Morgan fingerprint density at radius 2 is 1.85 bits per heavy atom. The highest BCUT2D eigenvalue weighted by molar-refractivity contribution is 5.95. The first-order valence-corrected chi connectivity index (χ1v) is 7.67. The molecule has 0 aromatic heterocycles. The van der Waals surface area contributed by atoms with Gasteiger partial charge in [0.25, 0.3) is 5.91 Å². The second-order valence-electron chi connectivity index (χ2n) is 5.35. The number of hydrogen-bond acceptors (Lipinski definition) is 2. The lowest BCUT2D eigenvalue weighted by atomic mass is 9.95. The predicted octanol–water partition coefficient (Wildman–Crippen LogP) is 3.00. The van der Waals surface area contributed by atoms with Crippen molar-refractivity contribution in [3.05, 3.63) is 35.4 Å². The fraction of sp³-hybridized carbons (Fsp3) is 0.588. The van der Waals surface area contributed by atoms with E-state index in [1.54, 1.807) is 0 Å². The highest BCUT2D eigenvalue weighted by Crippen LogP contribution is 2.15. The smallest absolute Gasteiger partial charge is 0.251 e. The van der Waals surface area contributed by atoms with E-state index in [2.05, 4.69) is 31.4 Å². The van der Waals surface area contributed by atoms with E-state index in [4.69, 9.17) is 0 Å². The van der Waals surface area contributed by atoms with E-state index in [1.165, 1.54) is 0 Å². The average molecular weight is 276 g/mol. The molecule has 3 heteroatoms. The van der Waals surface area contributed by atoms with Crippen LogP contribution in [0.5, 0.6) is 0 Å². The van der Waals surface area contributed by atoms with Crippen LogP contribution in [0.3, 0.4) is 0 Å². The summed E-state index contributed by atoms with van der Waals surface area (Å²) in [5, 5.41) is 6.28. The van der Waals surface area contributed by atoms with Crippen LogP contribution in [0.4, 0.5) is 0 Å². The van der Waals surface area contributed by atoms with Gasteiger partial charge in [-0.15, -0.1) is 0 Å². The number of amides is 1. The summed E-state index contributed by atoms with van der Waals surface area (Å²) >= 11 is 0. The Balaban J connectivity index is 2.76. The monoisotopic (exact) mass is 276 g/mol. The summed E-state index contributed by atoms with van der Waals surface area (Å²) in [7, 11) is 1.93. The van der Waals surface area contributed by atoms with E-state index in [0.29, 0.717) is 5.92 Å². The number of rotatable bonds is 8. The first-order chi connectivity index (χ1) is 9.63. The molecule has 0 radical (unpaired) electrons. The molecular formula is C17H28N2O. The van der Waals surface area contributed by atoms with Crippen LogP contribution in [0.25, 0.3) is 0 Å². The van der Waals surface area contributed by atoms with Gasteiger partial charge in [0.1, 0.15) is 0 Å². The molecule has 0 heterocycles. The standard InChI is InChI=1S/C17H28N2O/c1-5-14(6-2)13(3)19-17(20)16-10-8-7-9-15(16)11-12-18-4/h7-10,13-14,18H,5-6,11-12H2,1-4H3,(H,19,20). The van der Waals surface area contributed by atoms with Gasteiger partial charge in [0.2, 0.25) is 0 Å². The van der Waals surface area contributed by atoms with Crippen LogP contribution in [-0.4, -0.2) is 25.5 Å². The minimum atomic E-state index is 0.0519. The molecule has 1 atom stereocenters. The summed E-state index contributed by atoms with van der Waals surface area (Å²) in [6.07, 6.45) is 3.07. The first-order valence-electron chi connectivity index (χ1n) is 7.67. The summed E-state index contributed by atoms with van der Waals surface area (Å²) in [4.78, 5) is 12.4. The van der Waals surface area contributed by atoms with Gasteiger partial charge >= 0.3 is 0 Å². The van der Waals surface area contributed by atoms with Crippen molar-refractivity contribution in [2.24, 2.45) is 5.92 Å². The minimum absolute atomic E-state index is 0.0519. The maximum Gasteiger partial charge on any atom is 0.251 e. The second kappa shape index (κ2) is 8.75. The Morgan fingerprint density at radius 3 is 2.45 bits per heavy atom. The van der Waals surface area contributed by atoms with Gasteiger partial charge in [-0.25, -0.2) is 0 Å². The molecule has 2 N–H and O–H groups in total. The fourth-order valence-corrected chi connectivity index (χ4v) is 2.62. The van der Waals surface area contributed by atoms with Crippen molar-refractivity contribution < 1.29 is 4.79 Å². The second-order valence-corrected chi connectivity index (χ2v) is 5.35. The molecule has 0 saturated heterocycles. The Hall–Kier alpha value is -1.35. The maximum absolute atomic E-state index is 12.4. The van der Waals surface area contributed by atoms with Crippen molar-refractivity contribution in [3.8, 4) is 0 Å². The van der Waals surface area contributed by atoms with Crippen molar-refractivity contribution >= 4 is 5.91 Å². The molecule has 0 aliphatic carbocycles. The molecule has 1 amide bonds. The van der Waals surface area contributed by atoms with Crippen LogP contribution in [0, 0.1) is 5.92 Å². The molecule has 112 valence electrons.